The van der Waals surface area contributed by atoms with Crippen molar-refractivity contribution in [3.8, 4) is 0 Å². The van der Waals surface area contributed by atoms with Crippen molar-refractivity contribution < 1.29 is 0 Å². The molecule has 0 spiro atoms. The first-order valence-electron chi connectivity index (χ1n) is 10.5. The van der Waals surface area contributed by atoms with Crippen LogP contribution in [0, 0.1) is 0 Å². The SMILES string of the molecule is CCCCN1CCC(NC(=NCC2CN3CCN2CC3)NCC)CC1.I. The average molecular weight is 478 g/mol. The van der Waals surface area contributed by atoms with Gasteiger partial charge in [-0.1, -0.05) is 13.3 Å². The number of likely N-dealkylation sites (tertiary alicyclic amines) is 1. The summed E-state index contributed by atoms with van der Waals surface area (Å²) in [4.78, 5) is 12.8. The zero-order valence-electron chi connectivity index (χ0n) is 16.8. The fourth-order valence-electron chi connectivity index (χ4n) is 4.29. The highest BCUT2D eigenvalue weighted by atomic mass is 127. The van der Waals surface area contributed by atoms with E-state index >= 15 is 0 Å². The summed E-state index contributed by atoms with van der Waals surface area (Å²) in [5.74, 6) is 1.02. The Bertz CT molecular complexity index is 416. The molecule has 0 radical (unpaired) electrons. The van der Waals surface area contributed by atoms with Crippen molar-refractivity contribution in [2.45, 2.75) is 51.6 Å². The van der Waals surface area contributed by atoms with Crippen molar-refractivity contribution in [1.29, 1.82) is 0 Å². The quantitative estimate of drug-likeness (QED) is 0.330. The third-order valence-electron chi connectivity index (χ3n) is 5.95. The Balaban J connectivity index is 0.00000243. The number of nitrogens with one attached hydrogen (secondary N) is 2. The Morgan fingerprint density at radius 1 is 1.04 bits per heavy atom. The highest BCUT2D eigenvalue weighted by molar-refractivity contribution is 14.0. The minimum atomic E-state index is 0. The molecule has 1 atom stereocenters. The molecule has 0 aromatic rings. The first-order valence-corrected chi connectivity index (χ1v) is 10.5. The van der Waals surface area contributed by atoms with E-state index in [0.29, 0.717) is 12.1 Å². The summed E-state index contributed by atoms with van der Waals surface area (Å²) in [7, 11) is 0. The van der Waals surface area contributed by atoms with Crippen LogP contribution in [-0.4, -0.2) is 98.2 Å². The van der Waals surface area contributed by atoms with Gasteiger partial charge in [0.25, 0.3) is 0 Å². The van der Waals surface area contributed by atoms with E-state index in [0.717, 1.165) is 19.0 Å². The fraction of sp³-hybridized carbons (Fsp3) is 0.947. The van der Waals surface area contributed by atoms with Gasteiger partial charge in [-0.15, -0.1) is 24.0 Å². The van der Waals surface area contributed by atoms with Crippen molar-refractivity contribution in [3.05, 3.63) is 0 Å². The molecule has 4 aliphatic rings. The largest absolute Gasteiger partial charge is 0.357 e. The van der Waals surface area contributed by atoms with Crippen molar-refractivity contribution in [3.63, 3.8) is 0 Å². The third-order valence-corrected chi connectivity index (χ3v) is 5.95. The Labute approximate surface area is 177 Å². The van der Waals surface area contributed by atoms with E-state index in [1.54, 1.807) is 0 Å². The second-order valence-electron chi connectivity index (χ2n) is 7.82. The van der Waals surface area contributed by atoms with Gasteiger partial charge in [0.2, 0.25) is 0 Å². The van der Waals surface area contributed by atoms with Crippen LogP contribution in [0.4, 0.5) is 0 Å². The summed E-state index contributed by atoms with van der Waals surface area (Å²) >= 11 is 0. The molecule has 6 nitrogen and oxygen atoms in total. The van der Waals surface area contributed by atoms with E-state index in [4.69, 9.17) is 4.99 Å². The molecule has 4 aliphatic heterocycles. The lowest BCUT2D eigenvalue weighted by atomic mass is 10.0. The number of aliphatic imine (C=N–C) groups is 1. The van der Waals surface area contributed by atoms with Crippen molar-refractivity contribution in [1.82, 2.24) is 25.3 Å². The van der Waals surface area contributed by atoms with Gasteiger partial charge in [-0.05, 0) is 32.7 Å². The number of unbranched alkanes of at least 4 members (excludes halogenated alkanes) is 1. The molecule has 4 saturated heterocycles. The van der Waals surface area contributed by atoms with Gasteiger partial charge < -0.3 is 15.5 Å². The predicted octanol–water partition coefficient (Wildman–Crippen LogP) is 1.42. The molecule has 0 aliphatic carbocycles. The van der Waals surface area contributed by atoms with E-state index in [1.807, 2.05) is 0 Å². The van der Waals surface area contributed by atoms with Crippen LogP contribution in [0.2, 0.25) is 0 Å². The Kier molecular flexibility index (Phi) is 9.94. The summed E-state index contributed by atoms with van der Waals surface area (Å²) < 4.78 is 0. The van der Waals surface area contributed by atoms with Crippen LogP contribution in [0.3, 0.4) is 0 Å². The zero-order chi connectivity index (χ0) is 17.5. The predicted molar refractivity (Wildman–Crippen MR) is 121 cm³/mol. The lowest BCUT2D eigenvalue weighted by molar-refractivity contribution is 0.0174. The molecule has 2 N–H and O–H groups in total. The third kappa shape index (κ3) is 6.49. The van der Waals surface area contributed by atoms with Gasteiger partial charge in [-0.3, -0.25) is 14.8 Å². The van der Waals surface area contributed by atoms with Gasteiger partial charge in [0.15, 0.2) is 5.96 Å². The Morgan fingerprint density at radius 2 is 1.77 bits per heavy atom. The smallest absolute Gasteiger partial charge is 0.191 e. The van der Waals surface area contributed by atoms with Crippen molar-refractivity contribution >= 4 is 29.9 Å². The van der Waals surface area contributed by atoms with E-state index in [9.17, 15) is 0 Å². The van der Waals surface area contributed by atoms with Crippen LogP contribution in [0.5, 0.6) is 0 Å². The van der Waals surface area contributed by atoms with E-state index < -0.39 is 0 Å². The molecule has 0 aromatic heterocycles. The summed E-state index contributed by atoms with van der Waals surface area (Å²) in [6.07, 6.45) is 5.09. The molecule has 4 fully saturated rings. The molecule has 4 heterocycles. The molecule has 1 unspecified atom stereocenters. The minimum absolute atomic E-state index is 0. The van der Waals surface area contributed by atoms with Crippen LogP contribution < -0.4 is 10.6 Å². The van der Waals surface area contributed by atoms with Crippen LogP contribution in [0.15, 0.2) is 4.99 Å². The van der Waals surface area contributed by atoms with Gasteiger partial charge in [-0.25, -0.2) is 0 Å². The maximum atomic E-state index is 4.93. The molecule has 7 heteroatoms. The number of guanidine groups is 1. The van der Waals surface area contributed by atoms with E-state index in [2.05, 4.69) is 39.2 Å². The van der Waals surface area contributed by atoms with Crippen LogP contribution >= 0.6 is 24.0 Å². The number of nitrogens with zero attached hydrogens (tertiary/aromatic N) is 4. The topological polar surface area (TPSA) is 46.1 Å². The van der Waals surface area contributed by atoms with Crippen molar-refractivity contribution in [2.24, 2.45) is 4.99 Å². The van der Waals surface area contributed by atoms with E-state index in [-0.39, 0.29) is 24.0 Å². The molecule has 26 heavy (non-hydrogen) atoms. The number of hydrogen-bond acceptors (Lipinski definition) is 4. The molecule has 152 valence electrons. The number of halogens is 1. The fourth-order valence-corrected chi connectivity index (χ4v) is 4.29. The summed E-state index contributed by atoms with van der Waals surface area (Å²) in [6, 6.07) is 1.18. The number of piperazine rings is 3. The number of rotatable bonds is 7. The van der Waals surface area contributed by atoms with Crippen LogP contribution in [-0.2, 0) is 0 Å². The maximum Gasteiger partial charge on any atom is 0.191 e. The molecule has 0 saturated carbocycles. The standard InChI is InChI=1S/C19H38N6.HI/c1-3-5-8-23-9-6-17(7-10-23)22-19(20-4-2)21-15-18-16-24-11-13-25(18)14-12-24;/h17-18H,3-16H2,1-2H3,(H2,20,21,22);1H. The normalized spacial score (nSPS) is 30.1. The summed E-state index contributed by atoms with van der Waals surface area (Å²) in [6.45, 7) is 16.1. The monoisotopic (exact) mass is 478 g/mol. The average Bonchev–Trinajstić information content (AvgIpc) is 2.67. The molecule has 2 bridgehead atoms. The van der Waals surface area contributed by atoms with Crippen LogP contribution in [0.1, 0.15) is 39.5 Å². The lowest BCUT2D eigenvalue weighted by Gasteiger charge is -2.47. The number of hydrogen-bond donors (Lipinski definition) is 2. The van der Waals surface area contributed by atoms with E-state index in [1.165, 1.54) is 78.0 Å². The number of fused-ring (bicyclic) bond motifs is 3. The Morgan fingerprint density at radius 3 is 2.35 bits per heavy atom. The van der Waals surface area contributed by atoms with Gasteiger partial charge in [-0.2, -0.15) is 0 Å². The first-order chi connectivity index (χ1) is 12.3. The Hall–Kier alpha value is -0.120. The maximum absolute atomic E-state index is 4.93. The van der Waals surface area contributed by atoms with Gasteiger partial charge in [0.05, 0.1) is 6.54 Å². The second kappa shape index (κ2) is 11.7. The molecular weight excluding hydrogens is 439 g/mol. The highest BCUT2D eigenvalue weighted by Gasteiger charge is 2.31. The highest BCUT2D eigenvalue weighted by Crippen LogP contribution is 2.16. The minimum Gasteiger partial charge on any atom is -0.357 e. The molecule has 0 amide bonds. The van der Waals surface area contributed by atoms with Gasteiger partial charge >= 0.3 is 0 Å². The first kappa shape index (κ1) is 22.2. The summed E-state index contributed by atoms with van der Waals surface area (Å²) in [5, 5.41) is 7.15. The van der Waals surface area contributed by atoms with Crippen LogP contribution in [0.25, 0.3) is 0 Å². The second-order valence-corrected chi connectivity index (χ2v) is 7.82. The molecule has 0 aromatic carbocycles. The molecular formula is C19H39IN6. The number of piperidine rings is 1. The van der Waals surface area contributed by atoms with Gasteiger partial charge in [0.1, 0.15) is 0 Å². The zero-order valence-corrected chi connectivity index (χ0v) is 19.1. The lowest BCUT2D eigenvalue weighted by Crippen LogP contribution is -2.62. The van der Waals surface area contributed by atoms with Gasteiger partial charge in [0, 0.05) is 64.4 Å². The molecule has 4 rings (SSSR count). The summed E-state index contributed by atoms with van der Waals surface area (Å²) in [5.41, 5.74) is 0. The van der Waals surface area contributed by atoms with Crippen molar-refractivity contribution in [2.75, 3.05) is 65.4 Å².